The first-order chi connectivity index (χ1) is 13.0. The zero-order chi connectivity index (χ0) is 19.1. The normalized spacial score (nSPS) is 24.3. The predicted molar refractivity (Wildman–Crippen MR) is 101 cm³/mol. The molecule has 4 rings (SSSR count). The molecular weight excluding hydrogens is 347 g/mol. The number of aliphatic hydroxyl groups is 1. The van der Waals surface area contributed by atoms with Crippen LogP contribution in [0, 0.1) is 17.7 Å². The Balaban J connectivity index is 1.61. The predicted octanol–water partition coefficient (Wildman–Crippen LogP) is 3.02. The Hall–Kier alpha value is -2.41. The largest absolute Gasteiger partial charge is 0.392 e. The number of urea groups is 1. The Bertz CT molecular complexity index is 834. The molecule has 2 aliphatic rings. The van der Waals surface area contributed by atoms with Gasteiger partial charge in [-0.1, -0.05) is 19.1 Å². The quantitative estimate of drug-likeness (QED) is 0.870. The van der Waals surface area contributed by atoms with Crippen molar-refractivity contribution in [3.05, 3.63) is 35.8 Å². The maximum absolute atomic E-state index is 13.3. The van der Waals surface area contributed by atoms with Gasteiger partial charge in [-0.2, -0.15) is 5.10 Å². The third-order valence-electron chi connectivity index (χ3n) is 5.88. The molecule has 2 aromatic rings. The number of fused-ring (bicyclic) bond motifs is 2. The number of amides is 2. The van der Waals surface area contributed by atoms with E-state index in [2.05, 4.69) is 10.4 Å². The molecule has 1 saturated heterocycles. The summed E-state index contributed by atoms with van der Waals surface area (Å²) in [6.45, 7) is 3.16. The number of aromatic nitrogens is 2. The molecule has 27 heavy (non-hydrogen) atoms. The number of hydrogen-bond acceptors (Lipinski definition) is 3. The van der Waals surface area contributed by atoms with E-state index < -0.39 is 0 Å². The average molecular weight is 372 g/mol. The number of aliphatic hydroxyl groups excluding tert-OH is 1. The monoisotopic (exact) mass is 372 g/mol. The van der Waals surface area contributed by atoms with E-state index in [1.807, 2.05) is 6.92 Å². The Morgan fingerprint density at radius 1 is 1.26 bits per heavy atom. The minimum atomic E-state index is -0.298. The van der Waals surface area contributed by atoms with E-state index in [1.165, 1.54) is 12.1 Å². The van der Waals surface area contributed by atoms with Crippen LogP contribution in [0.1, 0.15) is 25.5 Å². The minimum Gasteiger partial charge on any atom is -0.392 e. The van der Waals surface area contributed by atoms with Gasteiger partial charge in [0.05, 0.1) is 11.8 Å². The van der Waals surface area contributed by atoms with Gasteiger partial charge in [0, 0.05) is 37.5 Å². The summed E-state index contributed by atoms with van der Waals surface area (Å²) >= 11 is 0. The topological polar surface area (TPSA) is 70.4 Å². The standard InChI is InChI=1S/C20H25FN4O2/c1-3-16-17(12-6-8-15(21)9-7-12)19(24(2)23-16)22-20(27)25-10-13-4-5-14(11-25)18(13)26/h6-9,13-14,18,26H,3-5,10-11H2,1-2H3,(H,22,27)/t13-,14+,18?. The van der Waals surface area contributed by atoms with Gasteiger partial charge in [0.15, 0.2) is 0 Å². The van der Waals surface area contributed by atoms with E-state index in [9.17, 15) is 14.3 Å². The number of nitrogens with zero attached hydrogens (tertiary/aromatic N) is 3. The molecule has 1 aliphatic carbocycles. The van der Waals surface area contributed by atoms with Gasteiger partial charge in [-0.05, 0) is 37.0 Å². The molecular formula is C20H25FN4O2. The minimum absolute atomic E-state index is 0.170. The van der Waals surface area contributed by atoms with Gasteiger partial charge in [0.2, 0.25) is 0 Å². The lowest BCUT2D eigenvalue weighted by molar-refractivity contribution is 0.0326. The molecule has 2 bridgehead atoms. The first-order valence-corrected chi connectivity index (χ1v) is 9.53. The number of halogens is 1. The van der Waals surface area contributed by atoms with Crippen LogP contribution in [0.5, 0.6) is 0 Å². The zero-order valence-electron chi connectivity index (χ0n) is 15.7. The molecule has 1 saturated carbocycles. The van der Waals surface area contributed by atoms with Crippen LogP contribution in [0.4, 0.5) is 15.0 Å². The van der Waals surface area contributed by atoms with Crippen molar-refractivity contribution in [3.63, 3.8) is 0 Å². The van der Waals surface area contributed by atoms with Crippen LogP contribution in [0.2, 0.25) is 0 Å². The van der Waals surface area contributed by atoms with Crippen molar-refractivity contribution >= 4 is 11.8 Å². The van der Waals surface area contributed by atoms with E-state index in [0.717, 1.165) is 29.7 Å². The van der Waals surface area contributed by atoms with Crippen molar-refractivity contribution in [2.24, 2.45) is 18.9 Å². The van der Waals surface area contributed by atoms with Crippen LogP contribution in [0.15, 0.2) is 24.3 Å². The fraction of sp³-hybridized carbons (Fsp3) is 0.500. The van der Waals surface area contributed by atoms with Crippen LogP contribution < -0.4 is 5.32 Å². The molecule has 2 fully saturated rings. The van der Waals surface area contributed by atoms with Crippen LogP contribution in [-0.2, 0) is 13.5 Å². The highest BCUT2D eigenvalue weighted by molar-refractivity contribution is 5.94. The Labute approximate surface area is 158 Å². The van der Waals surface area contributed by atoms with Gasteiger partial charge in [-0.25, -0.2) is 9.18 Å². The first kappa shape index (κ1) is 18.0. The zero-order valence-corrected chi connectivity index (χ0v) is 15.7. The van der Waals surface area contributed by atoms with Crippen LogP contribution >= 0.6 is 0 Å². The summed E-state index contributed by atoms with van der Waals surface area (Å²) in [6.07, 6.45) is 2.37. The number of aryl methyl sites for hydroxylation is 2. The smallest absolute Gasteiger partial charge is 0.323 e. The number of nitrogens with one attached hydrogen (secondary N) is 1. The molecule has 2 amide bonds. The molecule has 2 N–H and O–H groups in total. The molecule has 7 heteroatoms. The second-order valence-electron chi connectivity index (χ2n) is 7.58. The highest BCUT2D eigenvalue weighted by Crippen LogP contribution is 2.37. The summed E-state index contributed by atoms with van der Waals surface area (Å²) in [6, 6.07) is 6.07. The van der Waals surface area contributed by atoms with Crippen molar-refractivity contribution in [2.75, 3.05) is 18.4 Å². The van der Waals surface area contributed by atoms with E-state index in [0.29, 0.717) is 25.3 Å². The Morgan fingerprint density at radius 2 is 1.89 bits per heavy atom. The SMILES string of the molecule is CCc1nn(C)c(NC(=O)N2C[C@H]3CC[C@@H](C2)C3O)c1-c1ccc(F)cc1. The van der Waals surface area contributed by atoms with Crippen LogP contribution in [0.3, 0.4) is 0 Å². The molecule has 2 heterocycles. The van der Waals surface area contributed by atoms with Crippen LogP contribution in [-0.4, -0.2) is 45.0 Å². The maximum Gasteiger partial charge on any atom is 0.323 e. The highest BCUT2D eigenvalue weighted by atomic mass is 19.1. The van der Waals surface area contributed by atoms with E-state index in [4.69, 9.17) is 0 Å². The number of anilines is 1. The number of carbonyl (C=O) groups excluding carboxylic acids is 1. The van der Waals surface area contributed by atoms with Gasteiger partial charge >= 0.3 is 6.03 Å². The summed E-state index contributed by atoms with van der Waals surface area (Å²) in [7, 11) is 1.80. The number of likely N-dealkylation sites (tertiary alicyclic amines) is 1. The summed E-state index contributed by atoms with van der Waals surface area (Å²) < 4.78 is 15.0. The van der Waals surface area contributed by atoms with Gasteiger partial charge < -0.3 is 10.0 Å². The maximum atomic E-state index is 13.3. The number of benzene rings is 1. The number of rotatable bonds is 3. The third-order valence-corrected chi connectivity index (χ3v) is 5.88. The first-order valence-electron chi connectivity index (χ1n) is 9.53. The fourth-order valence-corrected chi connectivity index (χ4v) is 4.43. The third kappa shape index (κ3) is 3.20. The Kier molecular flexibility index (Phi) is 4.63. The summed E-state index contributed by atoms with van der Waals surface area (Å²) in [5, 5.41) is 17.7. The summed E-state index contributed by atoms with van der Waals surface area (Å²) in [5.74, 6) is 0.656. The molecule has 6 nitrogen and oxygen atoms in total. The van der Waals surface area contributed by atoms with Crippen molar-refractivity contribution in [1.29, 1.82) is 0 Å². The number of piperidine rings is 1. The molecule has 144 valence electrons. The number of carbonyl (C=O) groups is 1. The lowest BCUT2D eigenvalue weighted by Gasteiger charge is -2.35. The van der Waals surface area contributed by atoms with Gasteiger partial charge in [-0.15, -0.1) is 0 Å². The molecule has 1 aromatic carbocycles. The van der Waals surface area contributed by atoms with Gasteiger partial charge in [-0.3, -0.25) is 10.00 Å². The number of hydrogen-bond donors (Lipinski definition) is 2. The Morgan fingerprint density at radius 3 is 2.48 bits per heavy atom. The van der Waals surface area contributed by atoms with E-state index >= 15 is 0 Å². The van der Waals surface area contributed by atoms with Crippen molar-refractivity contribution in [1.82, 2.24) is 14.7 Å². The van der Waals surface area contributed by atoms with Crippen LogP contribution in [0.25, 0.3) is 11.1 Å². The fourth-order valence-electron chi connectivity index (χ4n) is 4.43. The second-order valence-corrected chi connectivity index (χ2v) is 7.58. The molecule has 0 radical (unpaired) electrons. The lowest BCUT2D eigenvalue weighted by Crippen LogP contribution is -2.49. The van der Waals surface area contributed by atoms with Gasteiger partial charge in [0.1, 0.15) is 11.6 Å². The van der Waals surface area contributed by atoms with Crippen molar-refractivity contribution < 1.29 is 14.3 Å². The molecule has 3 atom stereocenters. The van der Waals surface area contributed by atoms with Gasteiger partial charge in [0.25, 0.3) is 0 Å². The summed E-state index contributed by atoms with van der Waals surface area (Å²) in [4.78, 5) is 14.7. The molecule has 1 unspecified atom stereocenters. The molecule has 0 spiro atoms. The van der Waals surface area contributed by atoms with E-state index in [-0.39, 0.29) is 29.8 Å². The summed E-state index contributed by atoms with van der Waals surface area (Å²) in [5.41, 5.74) is 2.51. The van der Waals surface area contributed by atoms with E-state index in [1.54, 1.807) is 28.8 Å². The molecule has 1 aromatic heterocycles. The lowest BCUT2D eigenvalue weighted by atomic mass is 9.95. The molecule has 1 aliphatic heterocycles. The van der Waals surface area contributed by atoms with Crippen molar-refractivity contribution in [3.8, 4) is 11.1 Å². The van der Waals surface area contributed by atoms with Crippen molar-refractivity contribution in [2.45, 2.75) is 32.3 Å². The highest BCUT2D eigenvalue weighted by Gasteiger charge is 2.42. The average Bonchev–Trinajstić information content (AvgIpc) is 3.05. The second kappa shape index (κ2) is 6.96.